The Labute approximate surface area is 60.6 Å². The normalized spacial score (nSPS) is 9.44. The summed E-state index contributed by atoms with van der Waals surface area (Å²) in [6.45, 7) is 0. The molecule has 0 aliphatic rings. The monoisotopic (exact) mass is 188 g/mol. The molecule has 0 bridgehead atoms. The highest BCUT2D eigenvalue weighted by molar-refractivity contribution is 9.08. The van der Waals surface area contributed by atoms with Gasteiger partial charge in [-0.1, -0.05) is 15.9 Å². The van der Waals surface area contributed by atoms with Gasteiger partial charge in [0, 0.05) is 10.9 Å². The third-order valence-corrected chi connectivity index (χ3v) is 1.62. The molecule has 0 spiro atoms. The number of rotatable bonds is 2. The van der Waals surface area contributed by atoms with E-state index >= 15 is 0 Å². The first-order valence-electron chi connectivity index (χ1n) is 2.42. The summed E-state index contributed by atoms with van der Waals surface area (Å²) in [5, 5.41) is 6.90. The van der Waals surface area contributed by atoms with Gasteiger partial charge >= 0.3 is 0 Å². The van der Waals surface area contributed by atoms with Crippen molar-refractivity contribution in [3.05, 3.63) is 17.5 Å². The number of nitrogens with one attached hydrogen (secondary N) is 1. The highest BCUT2D eigenvalue weighted by Gasteiger charge is 1.99. The largest absolute Gasteiger partial charge is 0.296 e. The lowest BCUT2D eigenvalue weighted by atomic mass is 10.3. The second-order valence-electron chi connectivity index (χ2n) is 1.56. The zero-order valence-electron chi connectivity index (χ0n) is 4.60. The molecule has 1 aromatic heterocycles. The molecule has 0 unspecified atom stereocenters. The van der Waals surface area contributed by atoms with Gasteiger partial charge in [-0.25, -0.2) is 0 Å². The summed E-state index contributed by atoms with van der Waals surface area (Å²) in [7, 11) is 0. The molecule has 0 radical (unpaired) electrons. The fourth-order valence-corrected chi connectivity index (χ4v) is 0.976. The maximum atomic E-state index is 10.2. The Hall–Kier alpha value is -0.640. The van der Waals surface area contributed by atoms with E-state index in [1.165, 1.54) is 0 Å². The number of alkyl halides is 1. The lowest BCUT2D eigenvalue weighted by Crippen LogP contribution is -1.83. The van der Waals surface area contributed by atoms with Gasteiger partial charge in [0.2, 0.25) is 0 Å². The minimum atomic E-state index is 0.548. The molecule has 0 atom stereocenters. The van der Waals surface area contributed by atoms with Gasteiger partial charge in [0.05, 0.1) is 6.20 Å². The van der Waals surface area contributed by atoms with Crippen molar-refractivity contribution in [3.63, 3.8) is 0 Å². The standard InChI is InChI=1S/C5H5BrN2O/c6-1-4-2-7-8-5(4)3-9/h2-3H,1H2,(H,7,8). The second-order valence-corrected chi connectivity index (χ2v) is 2.12. The van der Waals surface area contributed by atoms with Crippen molar-refractivity contribution in [2.24, 2.45) is 0 Å². The molecule has 0 aliphatic heterocycles. The Balaban J connectivity index is 2.98. The molecule has 0 saturated carbocycles. The van der Waals surface area contributed by atoms with Crippen molar-refractivity contribution in [2.45, 2.75) is 5.33 Å². The van der Waals surface area contributed by atoms with Crippen molar-refractivity contribution >= 4 is 22.2 Å². The van der Waals surface area contributed by atoms with Crippen molar-refractivity contribution in [3.8, 4) is 0 Å². The molecule has 0 aliphatic carbocycles. The van der Waals surface area contributed by atoms with Crippen LogP contribution in [0.3, 0.4) is 0 Å². The minimum Gasteiger partial charge on any atom is -0.296 e. The molecule has 4 heteroatoms. The summed E-state index contributed by atoms with van der Waals surface area (Å²) in [5.41, 5.74) is 1.44. The van der Waals surface area contributed by atoms with Crippen LogP contribution in [0.25, 0.3) is 0 Å². The van der Waals surface area contributed by atoms with Crippen LogP contribution in [0.15, 0.2) is 6.20 Å². The summed E-state index contributed by atoms with van der Waals surface area (Å²) >= 11 is 3.21. The summed E-state index contributed by atoms with van der Waals surface area (Å²) in [4.78, 5) is 10.2. The third kappa shape index (κ3) is 1.18. The van der Waals surface area contributed by atoms with Gasteiger partial charge in [-0.2, -0.15) is 5.10 Å². The van der Waals surface area contributed by atoms with E-state index in [0.717, 1.165) is 11.8 Å². The van der Waals surface area contributed by atoms with Crippen LogP contribution in [0.1, 0.15) is 16.1 Å². The van der Waals surface area contributed by atoms with Crippen molar-refractivity contribution in [1.29, 1.82) is 0 Å². The number of carbonyl (C=O) groups is 1. The number of aromatic nitrogens is 2. The summed E-state index contributed by atoms with van der Waals surface area (Å²) in [6, 6.07) is 0. The Morgan fingerprint density at radius 1 is 1.89 bits per heavy atom. The van der Waals surface area contributed by atoms with Crippen LogP contribution in [0.2, 0.25) is 0 Å². The molecule has 0 amide bonds. The molecular formula is C5H5BrN2O. The zero-order chi connectivity index (χ0) is 6.69. The summed E-state index contributed by atoms with van der Waals surface area (Å²) in [6.07, 6.45) is 2.38. The third-order valence-electron chi connectivity index (χ3n) is 1.01. The number of aromatic amines is 1. The van der Waals surface area contributed by atoms with Crippen LogP contribution in [-0.2, 0) is 5.33 Å². The highest BCUT2D eigenvalue weighted by Crippen LogP contribution is 2.05. The number of carbonyl (C=O) groups excluding carboxylic acids is 1. The van der Waals surface area contributed by atoms with E-state index in [4.69, 9.17) is 0 Å². The highest BCUT2D eigenvalue weighted by atomic mass is 79.9. The molecule has 0 saturated heterocycles. The van der Waals surface area contributed by atoms with Gasteiger partial charge < -0.3 is 0 Å². The zero-order valence-corrected chi connectivity index (χ0v) is 6.18. The molecule has 1 rings (SSSR count). The topological polar surface area (TPSA) is 45.8 Å². The lowest BCUT2D eigenvalue weighted by molar-refractivity contribution is 0.111. The van der Waals surface area contributed by atoms with Gasteiger partial charge in [0.1, 0.15) is 5.69 Å². The first-order valence-corrected chi connectivity index (χ1v) is 3.54. The smallest absolute Gasteiger partial charge is 0.168 e. The number of H-pyrrole nitrogens is 1. The number of halogens is 1. The van der Waals surface area contributed by atoms with E-state index in [1.54, 1.807) is 6.20 Å². The Bertz CT molecular complexity index is 208. The molecule has 48 valence electrons. The fourth-order valence-electron chi connectivity index (χ4n) is 0.530. The number of nitrogens with zero attached hydrogens (tertiary/aromatic N) is 1. The maximum Gasteiger partial charge on any atom is 0.168 e. The van der Waals surface area contributed by atoms with Gasteiger partial charge in [-0.3, -0.25) is 9.89 Å². The fraction of sp³-hybridized carbons (Fsp3) is 0.200. The Morgan fingerprint density at radius 2 is 2.67 bits per heavy atom. The first-order chi connectivity index (χ1) is 4.38. The number of hydrogen-bond donors (Lipinski definition) is 1. The lowest BCUT2D eigenvalue weighted by Gasteiger charge is -1.84. The molecule has 0 fully saturated rings. The van der Waals surface area contributed by atoms with E-state index in [9.17, 15) is 4.79 Å². The van der Waals surface area contributed by atoms with E-state index in [2.05, 4.69) is 26.1 Å². The Morgan fingerprint density at radius 3 is 3.11 bits per heavy atom. The molecule has 9 heavy (non-hydrogen) atoms. The van der Waals surface area contributed by atoms with Crippen LogP contribution in [0.4, 0.5) is 0 Å². The summed E-state index contributed by atoms with van der Waals surface area (Å²) < 4.78 is 0. The molecule has 3 nitrogen and oxygen atoms in total. The van der Waals surface area contributed by atoms with Crippen LogP contribution >= 0.6 is 15.9 Å². The van der Waals surface area contributed by atoms with Crippen LogP contribution in [0, 0.1) is 0 Å². The minimum absolute atomic E-state index is 0.548. The summed E-state index contributed by atoms with van der Waals surface area (Å²) in [5.74, 6) is 0. The average Bonchev–Trinajstić information content (AvgIpc) is 2.33. The van der Waals surface area contributed by atoms with Crippen molar-refractivity contribution in [2.75, 3.05) is 0 Å². The van der Waals surface area contributed by atoms with Crippen molar-refractivity contribution < 1.29 is 4.79 Å². The maximum absolute atomic E-state index is 10.2. The predicted molar refractivity (Wildman–Crippen MR) is 36.6 cm³/mol. The van der Waals surface area contributed by atoms with Gasteiger partial charge in [-0.05, 0) is 0 Å². The van der Waals surface area contributed by atoms with Gasteiger partial charge in [0.15, 0.2) is 6.29 Å². The average molecular weight is 189 g/mol. The van der Waals surface area contributed by atoms with E-state index < -0.39 is 0 Å². The van der Waals surface area contributed by atoms with E-state index in [0.29, 0.717) is 11.0 Å². The van der Waals surface area contributed by atoms with Crippen LogP contribution < -0.4 is 0 Å². The molecule has 0 aromatic carbocycles. The first kappa shape index (κ1) is 6.48. The number of hydrogen-bond acceptors (Lipinski definition) is 2. The van der Waals surface area contributed by atoms with Crippen molar-refractivity contribution in [1.82, 2.24) is 10.2 Å². The second kappa shape index (κ2) is 2.77. The van der Waals surface area contributed by atoms with E-state index in [-0.39, 0.29) is 0 Å². The van der Waals surface area contributed by atoms with Crippen LogP contribution in [-0.4, -0.2) is 16.5 Å². The van der Waals surface area contributed by atoms with Crippen LogP contribution in [0.5, 0.6) is 0 Å². The predicted octanol–water partition coefficient (Wildman–Crippen LogP) is 1.12. The quantitative estimate of drug-likeness (QED) is 0.559. The number of aldehydes is 1. The molecule has 1 heterocycles. The SMILES string of the molecule is O=Cc1[nH]ncc1CBr. The molecule has 1 N–H and O–H groups in total. The van der Waals surface area contributed by atoms with E-state index in [1.807, 2.05) is 0 Å². The van der Waals surface area contributed by atoms with Gasteiger partial charge in [-0.15, -0.1) is 0 Å². The Kier molecular flexibility index (Phi) is 2.00. The molecule has 1 aromatic rings. The molecular weight excluding hydrogens is 184 g/mol. The van der Waals surface area contributed by atoms with Gasteiger partial charge in [0.25, 0.3) is 0 Å².